The van der Waals surface area contributed by atoms with Crippen molar-refractivity contribution in [3.63, 3.8) is 0 Å². The molecule has 0 aliphatic rings. The number of hydrogen-bond donors (Lipinski definition) is 1. The molecule has 0 unspecified atom stereocenters. The van der Waals surface area contributed by atoms with E-state index >= 15 is 0 Å². The third-order valence-corrected chi connectivity index (χ3v) is 3.84. The molecule has 0 aliphatic carbocycles. The van der Waals surface area contributed by atoms with Crippen molar-refractivity contribution in [1.82, 2.24) is 14.9 Å². The van der Waals surface area contributed by atoms with Gasteiger partial charge in [0.25, 0.3) is 0 Å². The SMILES string of the molecule is Cc1nc(CNS(=O)(=O)CBr)no1. The van der Waals surface area contributed by atoms with Gasteiger partial charge in [-0.25, -0.2) is 13.1 Å². The van der Waals surface area contributed by atoms with Gasteiger partial charge in [0.2, 0.25) is 15.9 Å². The van der Waals surface area contributed by atoms with Crippen LogP contribution in [0.1, 0.15) is 11.7 Å². The molecule has 0 saturated carbocycles. The highest BCUT2D eigenvalue weighted by Crippen LogP contribution is 1.96. The van der Waals surface area contributed by atoms with Crippen molar-refractivity contribution in [3.05, 3.63) is 11.7 Å². The monoisotopic (exact) mass is 269 g/mol. The number of halogens is 1. The van der Waals surface area contributed by atoms with E-state index in [2.05, 4.69) is 35.3 Å². The summed E-state index contributed by atoms with van der Waals surface area (Å²) in [5.74, 6) is 0.732. The predicted octanol–water partition coefficient (Wildman–Crippen LogP) is 0.150. The lowest BCUT2D eigenvalue weighted by Gasteiger charge is -1.98. The van der Waals surface area contributed by atoms with Crippen LogP contribution in [0, 0.1) is 6.92 Å². The van der Waals surface area contributed by atoms with Crippen LogP contribution in [-0.4, -0.2) is 23.2 Å². The summed E-state index contributed by atoms with van der Waals surface area (Å²) in [4.78, 5) is 3.83. The second-order valence-corrected chi connectivity index (χ2v) is 5.38. The summed E-state index contributed by atoms with van der Waals surface area (Å²) in [5, 5.41) is 3.52. The van der Waals surface area contributed by atoms with Crippen LogP contribution < -0.4 is 4.72 Å². The minimum atomic E-state index is -3.26. The second-order valence-electron chi connectivity index (χ2n) is 2.27. The fraction of sp³-hybridized carbons (Fsp3) is 0.600. The van der Waals surface area contributed by atoms with Gasteiger partial charge < -0.3 is 4.52 Å². The van der Waals surface area contributed by atoms with Crippen molar-refractivity contribution in [2.75, 3.05) is 4.66 Å². The maximum atomic E-state index is 10.9. The van der Waals surface area contributed by atoms with Crippen LogP contribution >= 0.6 is 15.9 Å². The van der Waals surface area contributed by atoms with Crippen LogP contribution in [0.4, 0.5) is 0 Å². The molecule has 1 heterocycles. The average molecular weight is 270 g/mol. The molecule has 74 valence electrons. The highest BCUT2D eigenvalue weighted by molar-refractivity contribution is 9.10. The van der Waals surface area contributed by atoms with E-state index in [0.717, 1.165) is 0 Å². The molecule has 0 radical (unpaired) electrons. The van der Waals surface area contributed by atoms with Crippen molar-refractivity contribution >= 4 is 26.0 Å². The van der Waals surface area contributed by atoms with Gasteiger partial charge in [0.1, 0.15) is 4.66 Å². The number of nitrogens with zero attached hydrogens (tertiary/aromatic N) is 2. The molecule has 6 nitrogen and oxygen atoms in total. The van der Waals surface area contributed by atoms with Crippen LogP contribution in [0.2, 0.25) is 0 Å². The zero-order valence-corrected chi connectivity index (χ0v) is 9.22. The molecule has 1 aromatic rings. The first-order chi connectivity index (χ1) is 6.03. The quantitative estimate of drug-likeness (QED) is 0.787. The number of alkyl halides is 1. The first kappa shape index (κ1) is 10.6. The van der Waals surface area contributed by atoms with Gasteiger partial charge in [-0.2, -0.15) is 4.98 Å². The molecule has 0 spiro atoms. The predicted molar refractivity (Wildman–Crippen MR) is 48.6 cm³/mol. The molecule has 0 aliphatic heterocycles. The van der Waals surface area contributed by atoms with Gasteiger partial charge in [-0.05, 0) is 0 Å². The number of sulfonamides is 1. The normalized spacial score (nSPS) is 11.8. The number of nitrogens with one attached hydrogen (secondary N) is 1. The van der Waals surface area contributed by atoms with Crippen molar-refractivity contribution in [2.24, 2.45) is 0 Å². The first-order valence-electron chi connectivity index (χ1n) is 3.36. The summed E-state index contributed by atoms with van der Waals surface area (Å²) in [6.45, 7) is 1.68. The molecule has 1 aromatic heterocycles. The van der Waals surface area contributed by atoms with Gasteiger partial charge in [-0.1, -0.05) is 21.1 Å². The van der Waals surface area contributed by atoms with Crippen LogP contribution in [0.5, 0.6) is 0 Å². The summed E-state index contributed by atoms with van der Waals surface area (Å²) >= 11 is 2.83. The fourth-order valence-electron chi connectivity index (χ4n) is 0.626. The van der Waals surface area contributed by atoms with Crippen molar-refractivity contribution in [3.8, 4) is 0 Å². The Morgan fingerprint density at radius 3 is 2.77 bits per heavy atom. The Balaban J connectivity index is 2.53. The van der Waals surface area contributed by atoms with Gasteiger partial charge in [0.15, 0.2) is 5.82 Å². The zero-order chi connectivity index (χ0) is 9.90. The summed E-state index contributed by atoms with van der Waals surface area (Å²) in [7, 11) is -3.26. The molecular weight excluding hydrogens is 262 g/mol. The number of hydrogen-bond acceptors (Lipinski definition) is 5. The molecule has 1 rings (SSSR count). The van der Waals surface area contributed by atoms with Gasteiger partial charge in [0.05, 0.1) is 6.54 Å². The third-order valence-electron chi connectivity index (χ3n) is 1.16. The number of rotatable bonds is 4. The Bertz CT molecular complexity index is 374. The number of aryl methyl sites for hydroxylation is 1. The summed E-state index contributed by atoms with van der Waals surface area (Å²) in [6, 6.07) is 0. The second kappa shape index (κ2) is 4.16. The maximum absolute atomic E-state index is 10.9. The highest BCUT2D eigenvalue weighted by Gasteiger charge is 2.09. The van der Waals surface area contributed by atoms with E-state index in [1.807, 2.05) is 0 Å². The summed E-state index contributed by atoms with van der Waals surface area (Å²) < 4.78 is 28.7. The Labute approximate surface area is 83.9 Å². The van der Waals surface area contributed by atoms with Crippen LogP contribution in [0.25, 0.3) is 0 Å². The van der Waals surface area contributed by atoms with Crippen LogP contribution in [0.15, 0.2) is 4.52 Å². The van der Waals surface area contributed by atoms with Crippen molar-refractivity contribution < 1.29 is 12.9 Å². The Hall–Kier alpha value is -0.470. The molecule has 0 bridgehead atoms. The Kier molecular flexibility index (Phi) is 3.40. The lowest BCUT2D eigenvalue weighted by atomic mass is 10.6. The average Bonchev–Trinajstić information content (AvgIpc) is 2.48. The van der Waals surface area contributed by atoms with Gasteiger partial charge >= 0.3 is 0 Å². The highest BCUT2D eigenvalue weighted by atomic mass is 79.9. The smallest absolute Gasteiger partial charge is 0.223 e. The van der Waals surface area contributed by atoms with E-state index in [9.17, 15) is 8.42 Å². The molecule has 1 N–H and O–H groups in total. The third kappa shape index (κ3) is 3.41. The zero-order valence-electron chi connectivity index (χ0n) is 6.82. The van der Waals surface area contributed by atoms with Crippen molar-refractivity contribution in [1.29, 1.82) is 0 Å². The van der Waals surface area contributed by atoms with E-state index in [4.69, 9.17) is 0 Å². The van der Waals surface area contributed by atoms with E-state index < -0.39 is 10.0 Å². The molecule has 13 heavy (non-hydrogen) atoms. The molecule has 0 saturated heterocycles. The molecule has 8 heteroatoms. The van der Waals surface area contributed by atoms with E-state index in [-0.39, 0.29) is 11.2 Å². The molecule has 0 amide bonds. The molecular formula is C5H8BrN3O3S. The van der Waals surface area contributed by atoms with Crippen molar-refractivity contribution in [2.45, 2.75) is 13.5 Å². The van der Waals surface area contributed by atoms with Gasteiger partial charge in [0, 0.05) is 6.92 Å². The number of aromatic nitrogens is 2. The maximum Gasteiger partial charge on any atom is 0.223 e. The van der Waals surface area contributed by atoms with Gasteiger partial charge in [-0.15, -0.1) is 0 Å². The minimum Gasteiger partial charge on any atom is -0.340 e. The fourth-order valence-corrected chi connectivity index (χ4v) is 1.54. The summed E-state index contributed by atoms with van der Waals surface area (Å²) in [5.41, 5.74) is 0. The minimum absolute atomic E-state index is 0.0469. The Morgan fingerprint density at radius 2 is 2.31 bits per heavy atom. The van der Waals surface area contributed by atoms with E-state index in [0.29, 0.717) is 11.7 Å². The standard InChI is InChI=1S/C5H8BrN3O3S/c1-4-8-5(9-12-4)2-7-13(10,11)3-6/h7H,2-3H2,1H3. The van der Waals surface area contributed by atoms with Gasteiger partial charge in [-0.3, -0.25) is 0 Å². The topological polar surface area (TPSA) is 85.1 Å². The molecule has 0 atom stereocenters. The molecule has 0 fully saturated rings. The lowest BCUT2D eigenvalue weighted by molar-refractivity contribution is 0.387. The van der Waals surface area contributed by atoms with Crippen LogP contribution in [-0.2, 0) is 16.6 Å². The Morgan fingerprint density at radius 1 is 1.62 bits per heavy atom. The largest absolute Gasteiger partial charge is 0.340 e. The van der Waals surface area contributed by atoms with E-state index in [1.165, 1.54) is 0 Å². The van der Waals surface area contributed by atoms with E-state index in [1.54, 1.807) is 6.92 Å². The van der Waals surface area contributed by atoms with Crippen LogP contribution in [0.3, 0.4) is 0 Å². The first-order valence-corrected chi connectivity index (χ1v) is 6.13. The lowest BCUT2D eigenvalue weighted by Crippen LogP contribution is -2.24. The summed E-state index contributed by atoms with van der Waals surface area (Å²) in [6.07, 6.45) is 0. The molecule has 0 aromatic carbocycles.